The zero-order valence-corrected chi connectivity index (χ0v) is 9.23. The van der Waals surface area contributed by atoms with Crippen molar-refractivity contribution in [1.29, 1.82) is 0 Å². The van der Waals surface area contributed by atoms with Crippen molar-refractivity contribution in [3.8, 4) is 0 Å². The van der Waals surface area contributed by atoms with Crippen LogP contribution in [0.25, 0.3) is 0 Å². The standard InChI is InChI=1S/C11H17N3O/c1-14(2)11-4-3-9(7-13-11)10-8-12-5-6-15-10/h3-4,7,10,12H,5-6,8H2,1-2H3. The molecule has 1 saturated heterocycles. The Morgan fingerprint density at radius 1 is 1.47 bits per heavy atom. The lowest BCUT2D eigenvalue weighted by Crippen LogP contribution is -2.33. The van der Waals surface area contributed by atoms with Crippen molar-refractivity contribution in [3.63, 3.8) is 0 Å². The number of rotatable bonds is 2. The molecule has 0 bridgehead atoms. The van der Waals surface area contributed by atoms with Crippen molar-refractivity contribution in [3.05, 3.63) is 23.9 Å². The molecule has 1 aliphatic heterocycles. The molecule has 1 fully saturated rings. The molecule has 1 aromatic heterocycles. The molecule has 0 aliphatic carbocycles. The molecule has 0 spiro atoms. The first-order chi connectivity index (χ1) is 7.27. The summed E-state index contributed by atoms with van der Waals surface area (Å²) in [7, 11) is 3.97. The van der Waals surface area contributed by atoms with E-state index in [-0.39, 0.29) is 6.10 Å². The average Bonchev–Trinajstić information content (AvgIpc) is 2.30. The van der Waals surface area contributed by atoms with E-state index < -0.39 is 0 Å². The number of hydrogen-bond acceptors (Lipinski definition) is 4. The number of morpholine rings is 1. The second-order valence-electron chi connectivity index (χ2n) is 3.91. The summed E-state index contributed by atoms with van der Waals surface area (Å²) in [5.41, 5.74) is 1.15. The highest BCUT2D eigenvalue weighted by Crippen LogP contribution is 2.19. The molecule has 1 N–H and O–H groups in total. The van der Waals surface area contributed by atoms with Crippen LogP contribution in [0.1, 0.15) is 11.7 Å². The molecule has 0 amide bonds. The van der Waals surface area contributed by atoms with E-state index >= 15 is 0 Å². The number of anilines is 1. The highest BCUT2D eigenvalue weighted by atomic mass is 16.5. The van der Waals surface area contributed by atoms with Gasteiger partial charge >= 0.3 is 0 Å². The monoisotopic (exact) mass is 207 g/mol. The van der Waals surface area contributed by atoms with Crippen LogP contribution in [-0.2, 0) is 4.74 Å². The Labute approximate surface area is 90.3 Å². The van der Waals surface area contributed by atoms with Crippen LogP contribution in [0, 0.1) is 0 Å². The Kier molecular flexibility index (Phi) is 3.18. The molecule has 82 valence electrons. The molecular formula is C11H17N3O. The van der Waals surface area contributed by atoms with Crippen LogP contribution in [0.4, 0.5) is 5.82 Å². The van der Waals surface area contributed by atoms with E-state index in [1.54, 1.807) is 0 Å². The first-order valence-electron chi connectivity index (χ1n) is 5.23. The summed E-state index contributed by atoms with van der Waals surface area (Å²) in [6, 6.07) is 4.10. The Balaban J connectivity index is 2.08. The van der Waals surface area contributed by atoms with Gasteiger partial charge in [0.05, 0.1) is 12.7 Å². The van der Waals surface area contributed by atoms with Crippen LogP contribution in [0.2, 0.25) is 0 Å². The predicted octanol–water partition coefficient (Wildman–Crippen LogP) is 0.808. The van der Waals surface area contributed by atoms with Gasteiger partial charge in [0.1, 0.15) is 5.82 Å². The third-order valence-corrected chi connectivity index (χ3v) is 2.53. The van der Waals surface area contributed by atoms with Gasteiger partial charge in [0.25, 0.3) is 0 Å². The molecule has 0 aromatic carbocycles. The first-order valence-corrected chi connectivity index (χ1v) is 5.23. The van der Waals surface area contributed by atoms with Gasteiger partial charge < -0.3 is 15.0 Å². The summed E-state index contributed by atoms with van der Waals surface area (Å²) < 4.78 is 5.65. The maximum Gasteiger partial charge on any atom is 0.127 e. The summed E-state index contributed by atoms with van der Waals surface area (Å²) >= 11 is 0. The van der Waals surface area contributed by atoms with E-state index in [1.165, 1.54) is 0 Å². The average molecular weight is 207 g/mol. The number of nitrogens with zero attached hydrogens (tertiary/aromatic N) is 2. The van der Waals surface area contributed by atoms with Crippen molar-refractivity contribution in [2.24, 2.45) is 0 Å². The van der Waals surface area contributed by atoms with Crippen molar-refractivity contribution in [1.82, 2.24) is 10.3 Å². The lowest BCUT2D eigenvalue weighted by atomic mass is 10.1. The third kappa shape index (κ3) is 2.46. The van der Waals surface area contributed by atoms with Crippen molar-refractivity contribution in [2.75, 3.05) is 38.7 Å². The first kappa shape index (κ1) is 10.4. The molecule has 4 nitrogen and oxygen atoms in total. The van der Waals surface area contributed by atoms with Gasteiger partial charge in [-0.3, -0.25) is 0 Å². The molecule has 1 aliphatic rings. The molecule has 1 atom stereocenters. The normalized spacial score (nSPS) is 21.3. The molecule has 2 heterocycles. The van der Waals surface area contributed by atoms with Gasteiger partial charge in [-0.2, -0.15) is 0 Å². The fourth-order valence-corrected chi connectivity index (χ4v) is 1.63. The molecule has 4 heteroatoms. The Bertz CT molecular complexity index is 304. The number of nitrogens with one attached hydrogen (secondary N) is 1. The number of hydrogen-bond donors (Lipinski definition) is 1. The molecule has 15 heavy (non-hydrogen) atoms. The van der Waals surface area contributed by atoms with Gasteiger partial charge in [-0.1, -0.05) is 6.07 Å². The fraction of sp³-hybridized carbons (Fsp3) is 0.545. The Morgan fingerprint density at radius 3 is 2.87 bits per heavy atom. The molecule has 0 saturated carbocycles. The lowest BCUT2D eigenvalue weighted by molar-refractivity contribution is 0.0275. The number of pyridine rings is 1. The van der Waals surface area contributed by atoms with Crippen molar-refractivity contribution < 1.29 is 4.74 Å². The largest absolute Gasteiger partial charge is 0.371 e. The van der Waals surface area contributed by atoms with Crippen molar-refractivity contribution >= 4 is 5.82 Å². The summed E-state index contributed by atoms with van der Waals surface area (Å²) in [5, 5.41) is 3.31. The molecule has 1 unspecified atom stereocenters. The van der Waals surface area contributed by atoms with Gasteiger partial charge in [0, 0.05) is 38.9 Å². The van der Waals surface area contributed by atoms with Gasteiger partial charge in [-0.05, 0) is 6.07 Å². The topological polar surface area (TPSA) is 37.4 Å². The zero-order valence-electron chi connectivity index (χ0n) is 9.23. The molecule has 2 rings (SSSR count). The van der Waals surface area contributed by atoms with E-state index in [0.29, 0.717) is 0 Å². The maximum atomic E-state index is 5.65. The van der Waals surface area contributed by atoms with Crippen LogP contribution in [-0.4, -0.2) is 38.8 Å². The van der Waals surface area contributed by atoms with E-state index in [4.69, 9.17) is 4.74 Å². The summed E-state index contributed by atoms with van der Waals surface area (Å²) in [4.78, 5) is 6.36. The quantitative estimate of drug-likeness (QED) is 0.778. The zero-order chi connectivity index (χ0) is 10.7. The van der Waals surface area contributed by atoms with E-state index in [1.807, 2.05) is 31.3 Å². The molecular weight excluding hydrogens is 190 g/mol. The highest BCUT2D eigenvalue weighted by Gasteiger charge is 2.15. The molecule has 0 radical (unpaired) electrons. The van der Waals surface area contributed by atoms with Crippen LogP contribution in [0.5, 0.6) is 0 Å². The summed E-state index contributed by atoms with van der Waals surface area (Å²) in [6.45, 7) is 2.60. The SMILES string of the molecule is CN(C)c1ccc(C2CNCCO2)cn1. The molecule has 1 aromatic rings. The second-order valence-corrected chi connectivity index (χ2v) is 3.91. The van der Waals surface area contributed by atoms with Crippen LogP contribution in [0.3, 0.4) is 0 Å². The lowest BCUT2D eigenvalue weighted by Gasteiger charge is -2.24. The summed E-state index contributed by atoms with van der Waals surface area (Å²) in [5.74, 6) is 0.975. The summed E-state index contributed by atoms with van der Waals surface area (Å²) in [6.07, 6.45) is 2.05. The van der Waals surface area contributed by atoms with Gasteiger partial charge in [-0.25, -0.2) is 4.98 Å². The predicted molar refractivity (Wildman–Crippen MR) is 60.1 cm³/mol. The third-order valence-electron chi connectivity index (χ3n) is 2.53. The number of aromatic nitrogens is 1. The van der Waals surface area contributed by atoms with E-state index in [2.05, 4.69) is 16.4 Å². The van der Waals surface area contributed by atoms with Crippen LogP contribution < -0.4 is 10.2 Å². The van der Waals surface area contributed by atoms with Gasteiger partial charge in [-0.15, -0.1) is 0 Å². The van der Waals surface area contributed by atoms with Crippen LogP contribution in [0.15, 0.2) is 18.3 Å². The van der Waals surface area contributed by atoms with Gasteiger partial charge in [0.2, 0.25) is 0 Å². The van der Waals surface area contributed by atoms with Gasteiger partial charge in [0.15, 0.2) is 0 Å². The second kappa shape index (κ2) is 4.59. The maximum absolute atomic E-state index is 5.65. The highest BCUT2D eigenvalue weighted by molar-refractivity contribution is 5.37. The van der Waals surface area contributed by atoms with Crippen molar-refractivity contribution in [2.45, 2.75) is 6.10 Å². The minimum Gasteiger partial charge on any atom is -0.371 e. The van der Waals surface area contributed by atoms with E-state index in [9.17, 15) is 0 Å². The van der Waals surface area contributed by atoms with E-state index in [0.717, 1.165) is 31.1 Å². The number of ether oxygens (including phenoxy) is 1. The fourth-order valence-electron chi connectivity index (χ4n) is 1.63. The Hall–Kier alpha value is -1.13. The minimum atomic E-state index is 0.155. The Morgan fingerprint density at radius 2 is 2.33 bits per heavy atom. The minimum absolute atomic E-state index is 0.155. The van der Waals surface area contributed by atoms with Crippen LogP contribution >= 0.6 is 0 Å². The smallest absolute Gasteiger partial charge is 0.127 e.